The molecule has 1 amide bonds. The highest BCUT2D eigenvalue weighted by Crippen LogP contribution is 2.19. The van der Waals surface area contributed by atoms with Crippen molar-refractivity contribution in [3.63, 3.8) is 0 Å². The monoisotopic (exact) mass is 292 g/mol. The Labute approximate surface area is 118 Å². The highest BCUT2D eigenvalue weighted by molar-refractivity contribution is 5.85. The van der Waals surface area contributed by atoms with Crippen LogP contribution in [0.3, 0.4) is 0 Å². The van der Waals surface area contributed by atoms with Crippen molar-refractivity contribution in [2.24, 2.45) is 0 Å². The van der Waals surface area contributed by atoms with Crippen molar-refractivity contribution >= 4 is 18.3 Å². The first-order valence-electron chi connectivity index (χ1n) is 5.91. The van der Waals surface area contributed by atoms with Crippen LogP contribution in [0.25, 0.3) is 0 Å². The molecule has 19 heavy (non-hydrogen) atoms. The van der Waals surface area contributed by atoms with Crippen molar-refractivity contribution in [1.29, 1.82) is 0 Å². The summed E-state index contributed by atoms with van der Waals surface area (Å²) in [6, 6.07) is 3.49. The largest absolute Gasteiger partial charge is 0.355 e. The van der Waals surface area contributed by atoms with E-state index in [2.05, 4.69) is 10.6 Å². The Morgan fingerprint density at radius 2 is 2.05 bits per heavy atom. The molecule has 1 atom stereocenters. The molecule has 1 aromatic carbocycles. The van der Waals surface area contributed by atoms with E-state index in [9.17, 15) is 13.6 Å². The van der Waals surface area contributed by atoms with Gasteiger partial charge in [-0.05, 0) is 18.7 Å². The van der Waals surface area contributed by atoms with Gasteiger partial charge in [0.2, 0.25) is 5.91 Å². The van der Waals surface area contributed by atoms with Gasteiger partial charge in [0.05, 0.1) is 0 Å². The molecule has 0 fully saturated rings. The highest BCUT2D eigenvalue weighted by atomic mass is 35.5. The minimum atomic E-state index is -0.596. The number of rotatable bonds is 6. The number of nitrogens with one attached hydrogen (secondary N) is 2. The zero-order chi connectivity index (χ0) is 13.5. The van der Waals surface area contributed by atoms with Crippen LogP contribution >= 0.6 is 12.4 Å². The second kappa shape index (κ2) is 8.82. The van der Waals surface area contributed by atoms with Gasteiger partial charge in [-0.25, -0.2) is 8.78 Å². The van der Waals surface area contributed by atoms with Crippen LogP contribution in [-0.4, -0.2) is 26.0 Å². The van der Waals surface area contributed by atoms with Crippen molar-refractivity contribution < 1.29 is 13.6 Å². The lowest BCUT2D eigenvalue weighted by atomic mass is 10.0. The van der Waals surface area contributed by atoms with Crippen LogP contribution in [0.5, 0.6) is 0 Å². The summed E-state index contributed by atoms with van der Waals surface area (Å²) < 4.78 is 26.2. The molecule has 0 radical (unpaired) electrons. The number of benzene rings is 1. The molecule has 0 aliphatic rings. The summed E-state index contributed by atoms with van der Waals surface area (Å²) in [5.41, 5.74) is 0.408. The van der Waals surface area contributed by atoms with Crippen LogP contribution in [0.4, 0.5) is 8.78 Å². The first kappa shape index (κ1) is 17.8. The fourth-order valence-electron chi connectivity index (χ4n) is 1.60. The molecular weight excluding hydrogens is 274 g/mol. The van der Waals surface area contributed by atoms with Crippen LogP contribution in [0, 0.1) is 11.6 Å². The number of hydrogen-bond donors (Lipinski definition) is 2. The van der Waals surface area contributed by atoms with E-state index in [0.717, 1.165) is 6.07 Å². The number of halogens is 3. The summed E-state index contributed by atoms with van der Waals surface area (Å²) >= 11 is 0. The Bertz CT molecular complexity index is 416. The van der Waals surface area contributed by atoms with Crippen molar-refractivity contribution in [1.82, 2.24) is 10.6 Å². The summed E-state index contributed by atoms with van der Waals surface area (Å²) in [5.74, 6) is -1.45. The van der Waals surface area contributed by atoms with E-state index < -0.39 is 11.6 Å². The van der Waals surface area contributed by atoms with Gasteiger partial charge in [0.15, 0.2) is 0 Å². The number of amides is 1. The summed E-state index contributed by atoms with van der Waals surface area (Å²) in [6.07, 6.45) is 0.384. The van der Waals surface area contributed by atoms with Gasteiger partial charge in [0.1, 0.15) is 11.6 Å². The molecule has 1 unspecified atom stereocenters. The molecule has 0 saturated carbocycles. The fourth-order valence-corrected chi connectivity index (χ4v) is 1.60. The number of carbonyl (C=O) groups excluding carboxylic acids is 1. The van der Waals surface area contributed by atoms with Crippen molar-refractivity contribution in [2.45, 2.75) is 19.3 Å². The third-order valence-corrected chi connectivity index (χ3v) is 2.70. The normalized spacial score (nSPS) is 11.6. The minimum absolute atomic E-state index is 0. The molecule has 3 nitrogen and oxygen atoms in total. The lowest BCUT2D eigenvalue weighted by Crippen LogP contribution is -2.29. The maximum absolute atomic E-state index is 13.5. The maximum Gasteiger partial charge on any atom is 0.221 e. The first-order chi connectivity index (χ1) is 8.54. The molecule has 0 bridgehead atoms. The molecule has 0 saturated heterocycles. The Hall–Kier alpha value is -1.20. The Morgan fingerprint density at radius 1 is 1.37 bits per heavy atom. The van der Waals surface area contributed by atoms with Gasteiger partial charge in [-0.1, -0.05) is 13.0 Å². The van der Waals surface area contributed by atoms with Crippen molar-refractivity contribution in [3.05, 3.63) is 35.4 Å². The van der Waals surface area contributed by atoms with Gasteiger partial charge in [0, 0.05) is 31.5 Å². The molecule has 1 rings (SSSR count). The molecule has 6 heteroatoms. The molecule has 0 heterocycles. The summed E-state index contributed by atoms with van der Waals surface area (Å²) in [7, 11) is 1.77. The lowest BCUT2D eigenvalue weighted by molar-refractivity contribution is -0.121. The Balaban J connectivity index is 0.00000324. The van der Waals surface area contributed by atoms with Crippen LogP contribution in [0.2, 0.25) is 0 Å². The molecule has 0 spiro atoms. The number of hydrogen-bond acceptors (Lipinski definition) is 2. The van der Waals surface area contributed by atoms with E-state index in [1.54, 1.807) is 14.0 Å². The van der Waals surface area contributed by atoms with Gasteiger partial charge in [0.25, 0.3) is 0 Å². The molecule has 0 aliphatic heterocycles. The van der Waals surface area contributed by atoms with Gasteiger partial charge in [-0.15, -0.1) is 12.4 Å². The Kier molecular flexibility index (Phi) is 8.27. The van der Waals surface area contributed by atoms with Crippen LogP contribution in [0.15, 0.2) is 18.2 Å². The molecular formula is C13H19ClF2N2O. The average Bonchev–Trinajstić information content (AvgIpc) is 2.33. The molecule has 108 valence electrons. The first-order valence-corrected chi connectivity index (χ1v) is 5.91. The standard InChI is InChI=1S/C13H18F2N2O.ClH/c1-9(8-17-13(18)5-6-16-2)11-4-3-10(14)7-12(11)15;/h3-4,7,9,16H,5-6,8H2,1-2H3,(H,17,18);1H. The molecule has 0 aliphatic carbocycles. The lowest BCUT2D eigenvalue weighted by Gasteiger charge is -2.14. The summed E-state index contributed by atoms with van der Waals surface area (Å²) in [6.45, 7) is 2.73. The topological polar surface area (TPSA) is 41.1 Å². The number of carbonyl (C=O) groups is 1. The molecule has 1 aromatic rings. The molecule has 0 aromatic heterocycles. The highest BCUT2D eigenvalue weighted by Gasteiger charge is 2.12. The zero-order valence-corrected chi connectivity index (χ0v) is 11.8. The van der Waals surface area contributed by atoms with E-state index >= 15 is 0 Å². The van der Waals surface area contributed by atoms with E-state index in [-0.39, 0.29) is 24.2 Å². The predicted octanol–water partition coefficient (Wildman–Crippen LogP) is 2.22. The third kappa shape index (κ3) is 5.98. The second-order valence-corrected chi connectivity index (χ2v) is 4.22. The summed E-state index contributed by atoms with van der Waals surface area (Å²) in [4.78, 5) is 11.4. The van der Waals surface area contributed by atoms with Crippen LogP contribution in [0.1, 0.15) is 24.8 Å². The molecule has 2 N–H and O–H groups in total. The third-order valence-electron chi connectivity index (χ3n) is 2.70. The van der Waals surface area contributed by atoms with Crippen molar-refractivity contribution in [2.75, 3.05) is 20.1 Å². The van der Waals surface area contributed by atoms with Crippen molar-refractivity contribution in [3.8, 4) is 0 Å². The SMILES string of the molecule is CNCCC(=O)NCC(C)c1ccc(F)cc1F.Cl. The second-order valence-electron chi connectivity index (χ2n) is 4.22. The minimum Gasteiger partial charge on any atom is -0.355 e. The van der Waals surface area contributed by atoms with Gasteiger partial charge < -0.3 is 10.6 Å². The summed E-state index contributed by atoms with van der Waals surface area (Å²) in [5, 5.41) is 5.59. The van der Waals surface area contributed by atoms with Crippen LogP contribution in [-0.2, 0) is 4.79 Å². The Morgan fingerprint density at radius 3 is 2.63 bits per heavy atom. The maximum atomic E-state index is 13.5. The van der Waals surface area contributed by atoms with E-state index in [1.807, 2.05) is 0 Å². The van der Waals surface area contributed by atoms with Crippen LogP contribution < -0.4 is 10.6 Å². The van der Waals surface area contributed by atoms with Gasteiger partial charge >= 0.3 is 0 Å². The van der Waals surface area contributed by atoms with Gasteiger partial charge in [-0.3, -0.25) is 4.79 Å². The smallest absolute Gasteiger partial charge is 0.221 e. The van der Waals surface area contributed by atoms with E-state index in [1.165, 1.54) is 12.1 Å². The zero-order valence-electron chi connectivity index (χ0n) is 11.0. The van der Waals surface area contributed by atoms with Gasteiger partial charge in [-0.2, -0.15) is 0 Å². The predicted molar refractivity (Wildman–Crippen MR) is 73.6 cm³/mol. The van der Waals surface area contributed by atoms with E-state index in [4.69, 9.17) is 0 Å². The fraction of sp³-hybridized carbons (Fsp3) is 0.462. The average molecular weight is 293 g/mol. The van der Waals surface area contributed by atoms with E-state index in [0.29, 0.717) is 25.1 Å². The quantitative estimate of drug-likeness (QED) is 0.844.